The molecule has 0 saturated carbocycles. The number of halogens is 3. The van der Waals surface area contributed by atoms with Gasteiger partial charge >= 0.3 is 6.18 Å². The Kier molecular flexibility index (Phi) is 2.52. The fourth-order valence-corrected chi connectivity index (χ4v) is 1.02. The number of hydrogen-bond acceptors (Lipinski definition) is 2. The highest BCUT2D eigenvalue weighted by Gasteiger charge is 2.32. The maximum absolute atomic E-state index is 12.2. The smallest absolute Gasteiger partial charge is 0.332 e. The van der Waals surface area contributed by atoms with Gasteiger partial charge in [0, 0.05) is 0 Å². The van der Waals surface area contributed by atoms with Gasteiger partial charge in [-0.3, -0.25) is 0 Å². The van der Waals surface area contributed by atoms with Gasteiger partial charge in [-0.15, -0.1) is 0 Å². The number of thiol groups is 1. The van der Waals surface area contributed by atoms with E-state index >= 15 is 0 Å². The average Bonchev–Trinajstić information content (AvgIpc) is 2.03. The van der Waals surface area contributed by atoms with Gasteiger partial charge < -0.3 is 4.72 Å². The van der Waals surface area contributed by atoms with Crippen LogP contribution in [0.15, 0.2) is 24.3 Å². The zero-order chi connectivity index (χ0) is 9.19. The molecule has 0 aliphatic heterocycles. The van der Waals surface area contributed by atoms with Gasteiger partial charge in [0.05, 0.1) is 11.3 Å². The molecule has 0 fully saturated rings. The molecule has 0 radical (unpaired) electrons. The molecular weight excluding hydrogens is 187 g/mol. The first kappa shape index (κ1) is 9.25. The van der Waals surface area contributed by atoms with E-state index in [9.17, 15) is 13.2 Å². The summed E-state index contributed by atoms with van der Waals surface area (Å²) in [6.45, 7) is 0. The highest BCUT2D eigenvalue weighted by atomic mass is 32.1. The van der Waals surface area contributed by atoms with Gasteiger partial charge in [0.25, 0.3) is 0 Å². The van der Waals surface area contributed by atoms with Crippen LogP contribution in [-0.4, -0.2) is 0 Å². The van der Waals surface area contributed by atoms with Crippen molar-refractivity contribution in [1.29, 1.82) is 0 Å². The van der Waals surface area contributed by atoms with Crippen LogP contribution in [-0.2, 0) is 6.18 Å². The van der Waals surface area contributed by atoms with Gasteiger partial charge in [-0.05, 0) is 12.1 Å². The van der Waals surface area contributed by atoms with E-state index in [1.54, 1.807) is 0 Å². The number of hydrogen-bond donors (Lipinski definition) is 2. The Bertz CT molecular complexity index is 272. The SMILES string of the molecule is FC(F)(F)c1ccccc1NS. The maximum atomic E-state index is 12.2. The first-order chi connectivity index (χ1) is 5.55. The van der Waals surface area contributed by atoms with Crippen molar-refractivity contribution in [3.8, 4) is 0 Å². The molecule has 0 atom stereocenters. The van der Waals surface area contributed by atoms with E-state index in [1.165, 1.54) is 18.2 Å². The third-order valence-corrected chi connectivity index (χ3v) is 1.59. The molecule has 0 amide bonds. The predicted molar refractivity (Wildman–Crippen MR) is 44.1 cm³/mol. The molecular formula is C7H6F3NS. The molecule has 0 spiro atoms. The number of para-hydroxylation sites is 1. The third-order valence-electron chi connectivity index (χ3n) is 1.35. The van der Waals surface area contributed by atoms with E-state index in [0.717, 1.165) is 6.07 Å². The van der Waals surface area contributed by atoms with E-state index < -0.39 is 11.7 Å². The van der Waals surface area contributed by atoms with Crippen molar-refractivity contribution in [1.82, 2.24) is 0 Å². The Hall–Kier alpha value is -0.840. The largest absolute Gasteiger partial charge is 0.418 e. The first-order valence-corrected chi connectivity index (χ1v) is 3.57. The van der Waals surface area contributed by atoms with Crippen molar-refractivity contribution in [2.45, 2.75) is 6.18 Å². The predicted octanol–water partition coefficient (Wildman–Crippen LogP) is 2.96. The number of anilines is 1. The van der Waals surface area contributed by atoms with Gasteiger partial charge in [-0.2, -0.15) is 13.2 Å². The molecule has 5 heteroatoms. The molecule has 1 rings (SSSR count). The van der Waals surface area contributed by atoms with Crippen LogP contribution in [0.3, 0.4) is 0 Å². The summed E-state index contributed by atoms with van der Waals surface area (Å²) >= 11 is 3.56. The quantitative estimate of drug-likeness (QED) is 0.653. The summed E-state index contributed by atoms with van der Waals surface area (Å²) < 4.78 is 38.7. The average molecular weight is 193 g/mol. The minimum atomic E-state index is -4.33. The van der Waals surface area contributed by atoms with E-state index in [0.29, 0.717) is 0 Å². The number of nitrogens with one attached hydrogen (secondary N) is 1. The first-order valence-electron chi connectivity index (χ1n) is 3.12. The summed E-state index contributed by atoms with van der Waals surface area (Å²) in [4.78, 5) is 0. The Labute approximate surface area is 73.1 Å². The summed E-state index contributed by atoms with van der Waals surface area (Å²) in [7, 11) is 0. The van der Waals surface area contributed by atoms with E-state index in [-0.39, 0.29) is 5.69 Å². The monoisotopic (exact) mass is 193 g/mol. The van der Waals surface area contributed by atoms with Crippen LogP contribution in [0.5, 0.6) is 0 Å². The molecule has 0 unspecified atom stereocenters. The number of benzene rings is 1. The van der Waals surface area contributed by atoms with Gasteiger partial charge in [-0.1, -0.05) is 24.9 Å². The van der Waals surface area contributed by atoms with Crippen molar-refractivity contribution < 1.29 is 13.2 Å². The van der Waals surface area contributed by atoms with Crippen LogP contribution in [0.1, 0.15) is 5.56 Å². The Morgan fingerprint density at radius 2 is 1.75 bits per heavy atom. The Morgan fingerprint density at radius 3 is 2.17 bits per heavy atom. The summed E-state index contributed by atoms with van der Waals surface area (Å²) in [6.07, 6.45) is -4.33. The molecule has 12 heavy (non-hydrogen) atoms. The molecule has 66 valence electrons. The number of rotatable bonds is 1. The third kappa shape index (κ3) is 1.85. The Balaban J connectivity index is 3.14. The number of alkyl halides is 3. The van der Waals surface area contributed by atoms with E-state index in [4.69, 9.17) is 0 Å². The lowest BCUT2D eigenvalue weighted by molar-refractivity contribution is -0.136. The lowest BCUT2D eigenvalue weighted by Crippen LogP contribution is -2.06. The maximum Gasteiger partial charge on any atom is 0.418 e. The van der Waals surface area contributed by atoms with Crippen LogP contribution < -0.4 is 4.72 Å². The van der Waals surface area contributed by atoms with E-state index in [1.807, 2.05) is 0 Å². The highest BCUT2D eigenvalue weighted by Crippen LogP contribution is 2.34. The van der Waals surface area contributed by atoms with Gasteiger partial charge in [0.2, 0.25) is 0 Å². The minimum Gasteiger partial charge on any atom is -0.332 e. The molecule has 1 aromatic rings. The van der Waals surface area contributed by atoms with Crippen molar-refractivity contribution in [2.24, 2.45) is 0 Å². The Morgan fingerprint density at radius 1 is 1.17 bits per heavy atom. The van der Waals surface area contributed by atoms with Crippen LogP contribution in [0.2, 0.25) is 0 Å². The second-order valence-electron chi connectivity index (χ2n) is 2.16. The van der Waals surface area contributed by atoms with Crippen molar-refractivity contribution >= 4 is 18.5 Å². The fourth-order valence-electron chi connectivity index (χ4n) is 0.828. The normalized spacial score (nSPS) is 11.3. The molecule has 0 aliphatic carbocycles. The fraction of sp³-hybridized carbons (Fsp3) is 0.143. The summed E-state index contributed by atoms with van der Waals surface area (Å²) in [5, 5.41) is 0. The molecule has 0 saturated heterocycles. The van der Waals surface area contributed by atoms with Gasteiger partial charge in [-0.25, -0.2) is 0 Å². The van der Waals surface area contributed by atoms with Crippen LogP contribution in [0.4, 0.5) is 18.9 Å². The molecule has 0 heterocycles. The van der Waals surface area contributed by atoms with Crippen molar-refractivity contribution in [2.75, 3.05) is 4.72 Å². The zero-order valence-corrected chi connectivity index (χ0v) is 6.78. The summed E-state index contributed by atoms with van der Waals surface area (Å²) in [5.41, 5.74) is -0.742. The minimum absolute atomic E-state index is 0.0340. The lowest BCUT2D eigenvalue weighted by atomic mass is 10.2. The van der Waals surface area contributed by atoms with Gasteiger partial charge in [0.15, 0.2) is 0 Å². The van der Waals surface area contributed by atoms with Crippen LogP contribution >= 0.6 is 12.8 Å². The summed E-state index contributed by atoms with van der Waals surface area (Å²) in [6, 6.07) is 5.15. The van der Waals surface area contributed by atoms with Crippen molar-refractivity contribution in [3.63, 3.8) is 0 Å². The van der Waals surface area contributed by atoms with E-state index in [2.05, 4.69) is 17.5 Å². The standard InChI is InChI=1S/C7H6F3NS/c8-7(9,10)5-3-1-2-4-6(5)11-12/h1-4,11-12H. The summed E-state index contributed by atoms with van der Waals surface area (Å²) in [5.74, 6) is 0. The van der Waals surface area contributed by atoms with Crippen LogP contribution in [0.25, 0.3) is 0 Å². The highest BCUT2D eigenvalue weighted by molar-refractivity contribution is 7.81. The molecule has 1 N–H and O–H groups in total. The zero-order valence-electron chi connectivity index (χ0n) is 5.89. The molecule has 0 bridgehead atoms. The molecule has 0 aliphatic rings. The molecule has 1 aromatic carbocycles. The second kappa shape index (κ2) is 3.26. The lowest BCUT2D eigenvalue weighted by Gasteiger charge is -2.10. The molecule has 1 nitrogen and oxygen atoms in total. The molecule has 0 aromatic heterocycles. The van der Waals surface area contributed by atoms with Crippen molar-refractivity contribution in [3.05, 3.63) is 29.8 Å². The topological polar surface area (TPSA) is 12.0 Å². The van der Waals surface area contributed by atoms with Gasteiger partial charge in [0.1, 0.15) is 0 Å². The van der Waals surface area contributed by atoms with Crippen LogP contribution in [0, 0.1) is 0 Å². The second-order valence-corrected chi connectivity index (χ2v) is 2.38.